The van der Waals surface area contributed by atoms with Crippen LogP contribution in [0.15, 0.2) is 60.9 Å². The number of pyridine rings is 1. The monoisotopic (exact) mass is 303 g/mol. The highest BCUT2D eigenvalue weighted by Crippen LogP contribution is 2.23. The van der Waals surface area contributed by atoms with Crippen molar-refractivity contribution in [3.8, 4) is 5.69 Å². The molecule has 0 spiro atoms. The van der Waals surface area contributed by atoms with E-state index in [9.17, 15) is 0 Å². The Kier molecular flexibility index (Phi) is 3.74. The first-order chi connectivity index (χ1) is 11.3. The van der Waals surface area contributed by atoms with Crippen molar-refractivity contribution in [3.05, 3.63) is 66.5 Å². The van der Waals surface area contributed by atoms with Gasteiger partial charge in [0.25, 0.3) is 0 Å². The lowest BCUT2D eigenvalue weighted by Gasteiger charge is -2.28. The van der Waals surface area contributed by atoms with Gasteiger partial charge in [0.15, 0.2) is 12.4 Å². The minimum Gasteiger partial charge on any atom is -0.371 e. The summed E-state index contributed by atoms with van der Waals surface area (Å²) in [6.07, 6.45) is 8.42. The van der Waals surface area contributed by atoms with E-state index < -0.39 is 0 Å². The molecule has 2 heteroatoms. The van der Waals surface area contributed by atoms with Crippen molar-refractivity contribution in [1.29, 1.82) is 0 Å². The number of aromatic nitrogens is 1. The van der Waals surface area contributed by atoms with E-state index in [0.29, 0.717) is 0 Å². The van der Waals surface area contributed by atoms with E-state index in [1.807, 2.05) is 0 Å². The van der Waals surface area contributed by atoms with Gasteiger partial charge in [0, 0.05) is 36.5 Å². The first kappa shape index (κ1) is 14.3. The Morgan fingerprint density at radius 1 is 0.826 bits per heavy atom. The highest BCUT2D eigenvalue weighted by molar-refractivity contribution is 5.89. The molecule has 0 amide bonds. The molecule has 0 bridgehead atoms. The van der Waals surface area contributed by atoms with Crippen molar-refractivity contribution in [2.45, 2.75) is 26.2 Å². The highest BCUT2D eigenvalue weighted by atomic mass is 15.1. The Bertz CT molecular complexity index is 815. The molecule has 2 heterocycles. The second kappa shape index (κ2) is 6.04. The van der Waals surface area contributed by atoms with Gasteiger partial charge in [-0.25, -0.2) is 0 Å². The Morgan fingerprint density at radius 2 is 1.57 bits per heavy atom. The van der Waals surface area contributed by atoms with Gasteiger partial charge in [-0.15, -0.1) is 0 Å². The third-order valence-electron chi connectivity index (χ3n) is 4.89. The molecule has 0 saturated carbocycles. The molecule has 116 valence electrons. The van der Waals surface area contributed by atoms with Crippen molar-refractivity contribution >= 4 is 16.5 Å². The largest absolute Gasteiger partial charge is 0.371 e. The molecule has 2 nitrogen and oxygen atoms in total. The fourth-order valence-electron chi connectivity index (χ4n) is 3.64. The summed E-state index contributed by atoms with van der Waals surface area (Å²) in [7, 11) is 0. The maximum atomic E-state index is 2.50. The van der Waals surface area contributed by atoms with Crippen molar-refractivity contribution in [3.63, 3.8) is 0 Å². The lowest BCUT2D eigenvalue weighted by Crippen LogP contribution is -2.33. The zero-order chi connectivity index (χ0) is 15.6. The summed E-state index contributed by atoms with van der Waals surface area (Å²) >= 11 is 0. The molecule has 1 fully saturated rings. The summed E-state index contributed by atoms with van der Waals surface area (Å²) in [5.74, 6) is 0. The molecule has 3 aromatic rings. The average molecular weight is 303 g/mol. The molecular formula is C21H23N2+. The van der Waals surface area contributed by atoms with Crippen LogP contribution in [0.1, 0.15) is 24.8 Å². The van der Waals surface area contributed by atoms with Crippen LogP contribution >= 0.6 is 0 Å². The standard InChI is InChI=1S/C21H23N2/c1-17-9-10-18-7-3-4-8-20(18)21(17)23-15-11-19(12-16-23)22-13-5-2-6-14-22/h3-4,7-12,15-16H,2,5-6,13-14H2,1H3/q+1. The van der Waals surface area contributed by atoms with Crippen LogP contribution < -0.4 is 9.47 Å². The van der Waals surface area contributed by atoms with Crippen molar-refractivity contribution in [2.24, 2.45) is 0 Å². The van der Waals surface area contributed by atoms with Gasteiger partial charge in [-0.2, -0.15) is 4.57 Å². The van der Waals surface area contributed by atoms with Gasteiger partial charge in [-0.05, 0) is 37.6 Å². The normalized spacial score (nSPS) is 15.1. The van der Waals surface area contributed by atoms with Gasteiger partial charge in [0.1, 0.15) is 0 Å². The van der Waals surface area contributed by atoms with Crippen LogP contribution in [0.25, 0.3) is 16.5 Å². The number of rotatable bonds is 2. The molecule has 0 unspecified atom stereocenters. The van der Waals surface area contributed by atoms with E-state index >= 15 is 0 Å². The zero-order valence-electron chi connectivity index (χ0n) is 13.7. The lowest BCUT2D eigenvalue weighted by molar-refractivity contribution is -0.594. The SMILES string of the molecule is Cc1ccc2ccccc2c1-[n+]1ccc(N2CCCCC2)cc1. The van der Waals surface area contributed by atoms with Gasteiger partial charge in [-0.3, -0.25) is 0 Å². The summed E-state index contributed by atoms with van der Waals surface area (Å²) < 4.78 is 2.26. The van der Waals surface area contributed by atoms with E-state index in [0.717, 1.165) is 0 Å². The number of anilines is 1. The molecule has 23 heavy (non-hydrogen) atoms. The fourth-order valence-corrected chi connectivity index (χ4v) is 3.64. The van der Waals surface area contributed by atoms with Crippen LogP contribution in [0.2, 0.25) is 0 Å². The van der Waals surface area contributed by atoms with Crippen LogP contribution in [0.3, 0.4) is 0 Å². The second-order valence-corrected chi connectivity index (χ2v) is 6.46. The predicted octanol–water partition coefficient (Wildman–Crippen LogP) is 4.42. The average Bonchev–Trinajstić information content (AvgIpc) is 2.63. The molecule has 0 radical (unpaired) electrons. The maximum absolute atomic E-state index is 2.50. The Morgan fingerprint density at radius 3 is 2.35 bits per heavy atom. The van der Waals surface area contributed by atoms with E-state index in [1.165, 1.54) is 60.1 Å². The maximum Gasteiger partial charge on any atom is 0.221 e. The lowest BCUT2D eigenvalue weighted by atomic mass is 10.0. The first-order valence-corrected chi connectivity index (χ1v) is 8.58. The van der Waals surface area contributed by atoms with E-state index in [2.05, 4.69) is 77.3 Å². The molecule has 1 aliphatic heterocycles. The summed E-state index contributed by atoms with van der Waals surface area (Å²) in [5.41, 5.74) is 3.94. The molecule has 2 aromatic carbocycles. The third kappa shape index (κ3) is 2.70. The Balaban J connectivity index is 1.75. The topological polar surface area (TPSA) is 7.12 Å². The minimum absolute atomic E-state index is 1.19. The first-order valence-electron chi connectivity index (χ1n) is 8.58. The van der Waals surface area contributed by atoms with Gasteiger partial charge in [0.05, 0.1) is 5.39 Å². The molecule has 0 N–H and O–H groups in total. The van der Waals surface area contributed by atoms with Gasteiger partial charge < -0.3 is 4.90 Å². The fraction of sp³-hybridized carbons (Fsp3) is 0.286. The van der Waals surface area contributed by atoms with Crippen LogP contribution in [0.4, 0.5) is 5.69 Å². The molecule has 1 aromatic heterocycles. The number of hydrogen-bond acceptors (Lipinski definition) is 1. The van der Waals surface area contributed by atoms with E-state index in [1.54, 1.807) is 0 Å². The molecule has 4 rings (SSSR count). The van der Waals surface area contributed by atoms with E-state index in [-0.39, 0.29) is 0 Å². The summed E-state index contributed by atoms with van der Waals surface area (Å²) in [4.78, 5) is 2.50. The van der Waals surface area contributed by atoms with Crippen molar-refractivity contribution in [1.82, 2.24) is 0 Å². The van der Waals surface area contributed by atoms with E-state index in [4.69, 9.17) is 0 Å². The molecule has 1 aliphatic rings. The summed E-state index contributed by atoms with van der Waals surface area (Å²) in [6, 6.07) is 17.5. The number of piperidine rings is 1. The number of aryl methyl sites for hydroxylation is 1. The summed E-state index contributed by atoms with van der Waals surface area (Å²) in [6.45, 7) is 4.57. The van der Waals surface area contributed by atoms with Gasteiger partial charge >= 0.3 is 0 Å². The molecule has 0 atom stereocenters. The van der Waals surface area contributed by atoms with Crippen LogP contribution in [-0.4, -0.2) is 13.1 Å². The van der Waals surface area contributed by atoms with Gasteiger partial charge in [-0.1, -0.05) is 30.3 Å². The number of nitrogens with zero attached hydrogens (tertiary/aromatic N) is 2. The summed E-state index contributed by atoms with van der Waals surface area (Å²) in [5, 5.41) is 2.60. The highest BCUT2D eigenvalue weighted by Gasteiger charge is 2.16. The van der Waals surface area contributed by atoms with Crippen LogP contribution in [0.5, 0.6) is 0 Å². The molecule has 0 aliphatic carbocycles. The second-order valence-electron chi connectivity index (χ2n) is 6.46. The number of benzene rings is 2. The quantitative estimate of drug-likeness (QED) is 0.636. The smallest absolute Gasteiger partial charge is 0.221 e. The van der Waals surface area contributed by atoms with Crippen molar-refractivity contribution in [2.75, 3.05) is 18.0 Å². The predicted molar refractivity (Wildman–Crippen MR) is 96.3 cm³/mol. The van der Waals surface area contributed by atoms with Crippen LogP contribution in [0, 0.1) is 6.92 Å². The third-order valence-corrected chi connectivity index (χ3v) is 4.89. The van der Waals surface area contributed by atoms with Gasteiger partial charge in [0.2, 0.25) is 5.69 Å². The minimum atomic E-state index is 1.19. The Labute approximate surface area is 138 Å². The molecule has 1 saturated heterocycles. The molecular weight excluding hydrogens is 280 g/mol. The number of fused-ring (bicyclic) bond motifs is 1. The van der Waals surface area contributed by atoms with Crippen molar-refractivity contribution < 1.29 is 4.57 Å². The Hall–Kier alpha value is -2.35. The van der Waals surface area contributed by atoms with Crippen LogP contribution in [-0.2, 0) is 0 Å². The number of hydrogen-bond donors (Lipinski definition) is 0. The zero-order valence-corrected chi connectivity index (χ0v) is 13.7.